The molecule has 1 atom stereocenters. The highest BCUT2D eigenvalue weighted by atomic mass is 79.9. The molecule has 5 heteroatoms. The fourth-order valence-electron chi connectivity index (χ4n) is 2.04. The van der Waals surface area contributed by atoms with Crippen molar-refractivity contribution in [3.8, 4) is 0 Å². The third kappa shape index (κ3) is 2.98. The van der Waals surface area contributed by atoms with E-state index in [1.165, 1.54) is 0 Å². The Balaban J connectivity index is 2.51. The van der Waals surface area contributed by atoms with Gasteiger partial charge in [0.25, 0.3) is 5.69 Å². The number of nitrogens with zero attached hydrogens (tertiary/aromatic N) is 2. The predicted molar refractivity (Wildman–Crippen MR) is 84.3 cm³/mol. The Bertz CT molecular complexity index is 650. The zero-order chi connectivity index (χ0) is 14.9. The number of nitro groups is 1. The molecule has 1 heterocycles. The fourth-order valence-corrected chi connectivity index (χ4v) is 2.39. The summed E-state index contributed by atoms with van der Waals surface area (Å²) in [5.41, 5.74) is 1.97. The Morgan fingerprint density at radius 3 is 2.65 bits per heavy atom. The summed E-state index contributed by atoms with van der Waals surface area (Å²) in [5, 5.41) is 11.7. The number of pyridine rings is 1. The molecule has 0 radical (unpaired) electrons. The molecule has 2 aromatic rings. The standard InChI is InChI=1S/C15H17BrN2O2/c1-15(2,3)13(16)9-10-6-7-12(18(19)20)11-5-4-8-17-14(10)11/h4-8,13H,9H2,1-3H3. The van der Waals surface area contributed by atoms with Crippen LogP contribution in [0.15, 0.2) is 30.5 Å². The molecule has 1 aromatic carbocycles. The van der Waals surface area contributed by atoms with Crippen molar-refractivity contribution in [1.82, 2.24) is 4.98 Å². The van der Waals surface area contributed by atoms with Gasteiger partial charge in [-0.1, -0.05) is 36.7 Å². The summed E-state index contributed by atoms with van der Waals surface area (Å²) >= 11 is 3.71. The maximum Gasteiger partial charge on any atom is 0.278 e. The second-order valence-corrected chi connectivity index (χ2v) is 7.04. The minimum atomic E-state index is -0.358. The summed E-state index contributed by atoms with van der Waals surface area (Å²) in [5.74, 6) is 0. The number of halogens is 1. The third-order valence-corrected chi connectivity index (χ3v) is 5.06. The summed E-state index contributed by atoms with van der Waals surface area (Å²) in [4.78, 5) is 15.3. The van der Waals surface area contributed by atoms with Gasteiger partial charge in [-0.25, -0.2) is 0 Å². The quantitative estimate of drug-likeness (QED) is 0.471. The zero-order valence-electron chi connectivity index (χ0n) is 11.8. The van der Waals surface area contributed by atoms with Crippen LogP contribution in [-0.2, 0) is 6.42 Å². The van der Waals surface area contributed by atoms with E-state index in [4.69, 9.17) is 0 Å². The van der Waals surface area contributed by atoms with Gasteiger partial charge in [0.05, 0.1) is 15.8 Å². The van der Waals surface area contributed by atoms with Gasteiger partial charge in [-0.05, 0) is 35.6 Å². The smallest absolute Gasteiger partial charge is 0.258 e. The maximum absolute atomic E-state index is 11.1. The van der Waals surface area contributed by atoms with Crippen molar-refractivity contribution in [3.05, 3.63) is 46.1 Å². The highest BCUT2D eigenvalue weighted by molar-refractivity contribution is 9.09. The summed E-state index contributed by atoms with van der Waals surface area (Å²) < 4.78 is 0. The number of nitro benzene ring substituents is 1. The van der Waals surface area contributed by atoms with Gasteiger partial charge in [0.1, 0.15) is 0 Å². The van der Waals surface area contributed by atoms with Gasteiger partial charge < -0.3 is 0 Å². The number of aromatic nitrogens is 1. The number of alkyl halides is 1. The monoisotopic (exact) mass is 336 g/mol. The average Bonchev–Trinajstić information content (AvgIpc) is 2.37. The van der Waals surface area contributed by atoms with E-state index in [0.29, 0.717) is 5.39 Å². The zero-order valence-corrected chi connectivity index (χ0v) is 13.3. The maximum atomic E-state index is 11.1. The lowest BCUT2D eigenvalue weighted by atomic mass is 9.88. The van der Waals surface area contributed by atoms with Gasteiger partial charge in [0.2, 0.25) is 0 Å². The second kappa shape index (κ2) is 5.48. The first-order valence-electron chi connectivity index (χ1n) is 6.46. The summed E-state index contributed by atoms with van der Waals surface area (Å²) in [7, 11) is 0. The van der Waals surface area contributed by atoms with Crippen LogP contribution in [0.4, 0.5) is 5.69 Å². The van der Waals surface area contributed by atoms with Gasteiger partial charge >= 0.3 is 0 Å². The Kier molecular flexibility index (Phi) is 4.09. The van der Waals surface area contributed by atoms with E-state index >= 15 is 0 Å². The van der Waals surface area contributed by atoms with Crippen LogP contribution in [0.1, 0.15) is 26.3 Å². The van der Waals surface area contributed by atoms with Crippen molar-refractivity contribution in [1.29, 1.82) is 0 Å². The van der Waals surface area contributed by atoms with Crippen molar-refractivity contribution in [2.75, 3.05) is 0 Å². The predicted octanol–water partition coefficient (Wildman–Crippen LogP) is 4.50. The first-order chi connectivity index (χ1) is 9.30. The molecule has 2 rings (SSSR count). The molecule has 20 heavy (non-hydrogen) atoms. The van der Waals surface area contributed by atoms with Crippen LogP contribution >= 0.6 is 15.9 Å². The number of rotatable bonds is 3. The highest BCUT2D eigenvalue weighted by Crippen LogP contribution is 2.33. The first kappa shape index (κ1) is 14.9. The van der Waals surface area contributed by atoms with E-state index in [1.807, 2.05) is 6.07 Å². The van der Waals surface area contributed by atoms with E-state index < -0.39 is 0 Å². The number of hydrogen-bond donors (Lipinski definition) is 0. The van der Waals surface area contributed by atoms with Gasteiger partial charge in [-0.15, -0.1) is 0 Å². The van der Waals surface area contributed by atoms with Crippen LogP contribution in [0.5, 0.6) is 0 Å². The number of fused-ring (bicyclic) bond motifs is 1. The van der Waals surface area contributed by atoms with Crippen molar-refractivity contribution < 1.29 is 4.92 Å². The van der Waals surface area contributed by atoms with Crippen molar-refractivity contribution in [3.63, 3.8) is 0 Å². The Hall–Kier alpha value is -1.49. The molecule has 106 valence electrons. The van der Waals surface area contributed by atoms with E-state index in [9.17, 15) is 10.1 Å². The molecule has 1 unspecified atom stereocenters. The van der Waals surface area contributed by atoms with Gasteiger partial charge in [0.15, 0.2) is 0 Å². The molecule has 0 saturated heterocycles. The van der Waals surface area contributed by atoms with E-state index in [2.05, 4.69) is 41.7 Å². The molecule has 0 bridgehead atoms. The van der Waals surface area contributed by atoms with Crippen LogP contribution in [0.2, 0.25) is 0 Å². The fraction of sp³-hybridized carbons (Fsp3) is 0.400. The molecular weight excluding hydrogens is 320 g/mol. The van der Waals surface area contributed by atoms with E-state index in [0.717, 1.165) is 17.5 Å². The van der Waals surface area contributed by atoms with Gasteiger partial charge in [-0.3, -0.25) is 15.1 Å². The van der Waals surface area contributed by atoms with Crippen LogP contribution in [-0.4, -0.2) is 14.7 Å². The summed E-state index contributed by atoms with van der Waals surface area (Å²) in [6, 6.07) is 6.87. The van der Waals surface area contributed by atoms with Crippen molar-refractivity contribution >= 4 is 32.5 Å². The minimum absolute atomic E-state index is 0.110. The molecule has 0 fully saturated rings. The van der Waals surface area contributed by atoms with Gasteiger partial charge in [0, 0.05) is 17.1 Å². The van der Waals surface area contributed by atoms with Crippen LogP contribution in [0.3, 0.4) is 0 Å². The summed E-state index contributed by atoms with van der Waals surface area (Å²) in [6.07, 6.45) is 2.46. The SMILES string of the molecule is CC(C)(C)C(Br)Cc1ccc([N+](=O)[O-])c2cccnc12. The Morgan fingerprint density at radius 1 is 1.35 bits per heavy atom. The lowest BCUT2D eigenvalue weighted by Gasteiger charge is -2.25. The van der Waals surface area contributed by atoms with Crippen molar-refractivity contribution in [2.24, 2.45) is 5.41 Å². The molecular formula is C15H17BrN2O2. The Labute approximate surface area is 126 Å². The molecule has 0 aliphatic carbocycles. The molecule has 0 aliphatic heterocycles. The van der Waals surface area contributed by atoms with Gasteiger partial charge in [-0.2, -0.15) is 0 Å². The molecule has 0 amide bonds. The third-order valence-electron chi connectivity index (χ3n) is 3.37. The lowest BCUT2D eigenvalue weighted by Crippen LogP contribution is -2.22. The van der Waals surface area contributed by atoms with Crippen LogP contribution < -0.4 is 0 Å². The number of hydrogen-bond acceptors (Lipinski definition) is 3. The van der Waals surface area contributed by atoms with E-state index in [-0.39, 0.29) is 20.9 Å². The lowest BCUT2D eigenvalue weighted by molar-refractivity contribution is -0.383. The topological polar surface area (TPSA) is 56.0 Å². The summed E-state index contributed by atoms with van der Waals surface area (Å²) in [6.45, 7) is 6.48. The average molecular weight is 337 g/mol. The number of benzene rings is 1. The highest BCUT2D eigenvalue weighted by Gasteiger charge is 2.24. The molecule has 1 aromatic heterocycles. The molecule has 4 nitrogen and oxygen atoms in total. The van der Waals surface area contributed by atoms with Crippen molar-refractivity contribution in [2.45, 2.75) is 32.0 Å². The van der Waals surface area contributed by atoms with E-state index in [1.54, 1.807) is 24.4 Å². The largest absolute Gasteiger partial charge is 0.278 e. The van der Waals surface area contributed by atoms with Crippen LogP contribution in [0, 0.1) is 15.5 Å². The minimum Gasteiger partial charge on any atom is -0.258 e. The molecule has 0 spiro atoms. The molecule has 0 saturated carbocycles. The Morgan fingerprint density at radius 2 is 2.05 bits per heavy atom. The first-order valence-corrected chi connectivity index (χ1v) is 7.37. The molecule has 0 N–H and O–H groups in total. The molecule has 0 aliphatic rings. The second-order valence-electron chi connectivity index (χ2n) is 5.94. The van der Waals surface area contributed by atoms with Crippen LogP contribution in [0.25, 0.3) is 10.9 Å². The normalized spacial score (nSPS) is 13.4. The number of non-ortho nitro benzene ring substituents is 1.